The summed E-state index contributed by atoms with van der Waals surface area (Å²) in [6, 6.07) is 0.345. The second-order valence-corrected chi connectivity index (χ2v) is 5.05. The molecule has 1 fully saturated rings. The first kappa shape index (κ1) is 14.0. The van der Waals surface area contributed by atoms with Crippen molar-refractivity contribution in [3.05, 3.63) is 15.9 Å². The number of halogens is 2. The largest absolute Gasteiger partial charge is 0.326 e. The van der Waals surface area contributed by atoms with Gasteiger partial charge < -0.3 is 5.73 Å². The van der Waals surface area contributed by atoms with Crippen molar-refractivity contribution in [3.63, 3.8) is 0 Å². The van der Waals surface area contributed by atoms with Crippen LogP contribution >= 0.6 is 28.3 Å². The monoisotopic (exact) mass is 308 g/mol. The van der Waals surface area contributed by atoms with Gasteiger partial charge in [0.1, 0.15) is 0 Å². The van der Waals surface area contributed by atoms with Crippen LogP contribution in [0.4, 0.5) is 0 Å². The van der Waals surface area contributed by atoms with Crippen LogP contribution in [0.2, 0.25) is 0 Å². The van der Waals surface area contributed by atoms with E-state index in [2.05, 4.69) is 25.9 Å². The molecule has 4 nitrogen and oxygen atoms in total. The maximum absolute atomic E-state index is 5.88. The van der Waals surface area contributed by atoms with Crippen LogP contribution in [0.5, 0.6) is 0 Å². The molecule has 0 radical (unpaired) electrons. The lowest BCUT2D eigenvalue weighted by Crippen LogP contribution is -2.27. The molecule has 16 heavy (non-hydrogen) atoms. The zero-order valence-corrected chi connectivity index (χ0v) is 12.0. The Labute approximate surface area is 111 Å². The van der Waals surface area contributed by atoms with Crippen LogP contribution in [0.15, 0.2) is 4.47 Å². The van der Waals surface area contributed by atoms with Gasteiger partial charge in [0.25, 0.3) is 0 Å². The summed E-state index contributed by atoms with van der Waals surface area (Å²) in [7, 11) is 1.99. The first-order valence-electron chi connectivity index (χ1n) is 5.24. The Bertz CT molecular complexity index is 366. The number of hydrogen-bond donors (Lipinski definition) is 1. The van der Waals surface area contributed by atoms with Gasteiger partial charge in [0.15, 0.2) is 0 Å². The number of aryl methyl sites for hydroxylation is 2. The van der Waals surface area contributed by atoms with E-state index in [1.165, 1.54) is 5.69 Å². The molecular weight excluding hydrogens is 291 g/mol. The quantitative estimate of drug-likeness (QED) is 0.899. The SMILES string of the molecule is Cc1nn(C)c(CN2CC[C@@H](N)C2)c1Br.Cl. The Morgan fingerprint density at radius 1 is 1.56 bits per heavy atom. The molecule has 2 N–H and O–H groups in total. The fraction of sp³-hybridized carbons (Fsp3) is 0.700. The molecule has 1 aliphatic heterocycles. The Morgan fingerprint density at radius 2 is 2.25 bits per heavy atom. The maximum atomic E-state index is 5.88. The minimum Gasteiger partial charge on any atom is -0.326 e. The first-order valence-corrected chi connectivity index (χ1v) is 6.03. The second kappa shape index (κ2) is 5.49. The van der Waals surface area contributed by atoms with Crippen LogP contribution in [-0.2, 0) is 13.6 Å². The summed E-state index contributed by atoms with van der Waals surface area (Å²) in [5.41, 5.74) is 8.17. The van der Waals surface area contributed by atoms with Crippen molar-refractivity contribution >= 4 is 28.3 Å². The molecule has 1 saturated heterocycles. The summed E-state index contributed by atoms with van der Waals surface area (Å²) in [5, 5.41) is 4.38. The fourth-order valence-corrected chi connectivity index (χ4v) is 2.53. The van der Waals surface area contributed by atoms with Crippen molar-refractivity contribution in [1.29, 1.82) is 0 Å². The summed E-state index contributed by atoms with van der Waals surface area (Å²) in [6.45, 7) is 5.05. The van der Waals surface area contributed by atoms with E-state index >= 15 is 0 Å². The van der Waals surface area contributed by atoms with E-state index in [0.717, 1.165) is 36.2 Å². The minimum absolute atomic E-state index is 0. The van der Waals surface area contributed by atoms with Crippen LogP contribution in [0.25, 0.3) is 0 Å². The lowest BCUT2D eigenvalue weighted by molar-refractivity contribution is 0.316. The average molecular weight is 310 g/mol. The smallest absolute Gasteiger partial charge is 0.0739 e. The molecule has 0 spiro atoms. The predicted molar refractivity (Wildman–Crippen MR) is 70.8 cm³/mol. The average Bonchev–Trinajstić information content (AvgIpc) is 2.67. The van der Waals surface area contributed by atoms with Crippen molar-refractivity contribution in [1.82, 2.24) is 14.7 Å². The highest BCUT2D eigenvalue weighted by molar-refractivity contribution is 9.10. The number of nitrogens with two attached hydrogens (primary N) is 1. The standard InChI is InChI=1S/C10H17BrN4.ClH/c1-7-10(11)9(14(2)13-7)6-15-4-3-8(12)5-15;/h8H,3-6,12H2,1-2H3;1H/t8-;/m1./s1. The molecule has 0 aromatic carbocycles. The molecule has 2 heterocycles. The molecule has 1 aromatic heterocycles. The molecule has 1 atom stereocenters. The van der Waals surface area contributed by atoms with Gasteiger partial charge in [-0.1, -0.05) is 0 Å². The Balaban J connectivity index is 0.00000128. The molecule has 2 rings (SSSR count). The molecule has 0 aliphatic carbocycles. The van der Waals surface area contributed by atoms with Gasteiger partial charge >= 0.3 is 0 Å². The first-order chi connectivity index (χ1) is 7.08. The van der Waals surface area contributed by atoms with Crippen molar-refractivity contribution in [3.8, 4) is 0 Å². The minimum atomic E-state index is 0. The van der Waals surface area contributed by atoms with Gasteiger partial charge in [-0.25, -0.2) is 0 Å². The van der Waals surface area contributed by atoms with Gasteiger partial charge in [-0.3, -0.25) is 9.58 Å². The normalized spacial score (nSPS) is 21.1. The molecular formula is C10H18BrClN4. The van der Waals surface area contributed by atoms with Crippen molar-refractivity contribution < 1.29 is 0 Å². The molecule has 92 valence electrons. The van der Waals surface area contributed by atoms with Crippen molar-refractivity contribution in [2.24, 2.45) is 12.8 Å². The lowest BCUT2D eigenvalue weighted by Gasteiger charge is -2.15. The van der Waals surface area contributed by atoms with Crippen molar-refractivity contribution in [2.45, 2.75) is 25.9 Å². The highest BCUT2D eigenvalue weighted by Gasteiger charge is 2.21. The Hall–Kier alpha value is -0.100. The Morgan fingerprint density at radius 3 is 2.69 bits per heavy atom. The maximum Gasteiger partial charge on any atom is 0.0739 e. The summed E-state index contributed by atoms with van der Waals surface area (Å²) in [6.07, 6.45) is 1.11. The van der Waals surface area contributed by atoms with Gasteiger partial charge in [-0.15, -0.1) is 12.4 Å². The van der Waals surface area contributed by atoms with Gasteiger partial charge in [0.05, 0.1) is 15.9 Å². The van der Waals surface area contributed by atoms with Crippen LogP contribution < -0.4 is 5.73 Å². The van der Waals surface area contributed by atoms with Gasteiger partial charge in [-0.2, -0.15) is 5.10 Å². The van der Waals surface area contributed by atoms with Crippen LogP contribution in [-0.4, -0.2) is 33.8 Å². The third-order valence-corrected chi connectivity index (χ3v) is 3.98. The molecule has 6 heteroatoms. The second-order valence-electron chi connectivity index (χ2n) is 4.25. The van der Waals surface area contributed by atoms with Crippen LogP contribution in [0.1, 0.15) is 17.8 Å². The number of likely N-dealkylation sites (tertiary alicyclic amines) is 1. The predicted octanol–water partition coefficient (Wildman–Crippen LogP) is 1.45. The van der Waals surface area contributed by atoms with E-state index in [-0.39, 0.29) is 12.4 Å². The van der Waals surface area contributed by atoms with E-state index in [1.807, 2.05) is 18.7 Å². The zero-order chi connectivity index (χ0) is 11.0. The van der Waals surface area contributed by atoms with Crippen LogP contribution in [0.3, 0.4) is 0 Å². The van der Waals surface area contributed by atoms with E-state index in [0.29, 0.717) is 6.04 Å². The number of rotatable bonds is 2. The third kappa shape index (κ3) is 2.77. The fourth-order valence-electron chi connectivity index (χ4n) is 2.07. The van der Waals surface area contributed by atoms with Crippen LogP contribution in [0, 0.1) is 6.92 Å². The molecule has 0 bridgehead atoms. The van der Waals surface area contributed by atoms with E-state index in [4.69, 9.17) is 5.73 Å². The molecule has 1 aromatic rings. The molecule has 0 amide bonds. The molecule has 1 aliphatic rings. The number of hydrogen-bond acceptors (Lipinski definition) is 3. The highest BCUT2D eigenvalue weighted by atomic mass is 79.9. The van der Waals surface area contributed by atoms with E-state index in [9.17, 15) is 0 Å². The van der Waals surface area contributed by atoms with E-state index < -0.39 is 0 Å². The lowest BCUT2D eigenvalue weighted by atomic mass is 10.3. The third-order valence-electron chi connectivity index (χ3n) is 2.94. The molecule has 0 unspecified atom stereocenters. The summed E-state index contributed by atoms with van der Waals surface area (Å²) in [4.78, 5) is 2.38. The summed E-state index contributed by atoms with van der Waals surface area (Å²) >= 11 is 3.58. The molecule has 0 saturated carbocycles. The van der Waals surface area contributed by atoms with Gasteiger partial charge in [-0.05, 0) is 29.3 Å². The summed E-state index contributed by atoms with van der Waals surface area (Å²) < 4.78 is 3.08. The zero-order valence-electron chi connectivity index (χ0n) is 9.61. The number of aromatic nitrogens is 2. The van der Waals surface area contributed by atoms with E-state index in [1.54, 1.807) is 0 Å². The highest BCUT2D eigenvalue weighted by Crippen LogP contribution is 2.22. The van der Waals surface area contributed by atoms with Gasteiger partial charge in [0.2, 0.25) is 0 Å². The van der Waals surface area contributed by atoms with Gasteiger partial charge in [0, 0.05) is 32.7 Å². The number of nitrogens with zero attached hydrogens (tertiary/aromatic N) is 3. The topological polar surface area (TPSA) is 47.1 Å². The van der Waals surface area contributed by atoms with Crippen molar-refractivity contribution in [2.75, 3.05) is 13.1 Å². The Kier molecular flexibility index (Phi) is 4.79. The summed E-state index contributed by atoms with van der Waals surface area (Å²) in [5.74, 6) is 0.